The van der Waals surface area contributed by atoms with Crippen LogP contribution < -0.4 is 5.69 Å². The molecule has 4 heterocycles. The molecule has 5 rings (SSSR count). The molecule has 2 fully saturated rings. The fourth-order valence-electron chi connectivity index (χ4n) is 5.05. The van der Waals surface area contributed by atoms with Crippen molar-refractivity contribution in [3.05, 3.63) is 70.5 Å². The summed E-state index contributed by atoms with van der Waals surface area (Å²) in [7, 11) is 0. The van der Waals surface area contributed by atoms with Gasteiger partial charge in [-0.05, 0) is 43.9 Å². The number of aromatic nitrogens is 3. The van der Waals surface area contributed by atoms with Gasteiger partial charge in [-0.3, -0.25) is 9.30 Å². The van der Waals surface area contributed by atoms with Crippen LogP contribution in [-0.4, -0.2) is 43.6 Å². The van der Waals surface area contributed by atoms with Gasteiger partial charge in [-0.1, -0.05) is 24.3 Å². The van der Waals surface area contributed by atoms with Crippen LogP contribution in [0, 0.1) is 5.82 Å². The molecule has 2 saturated heterocycles. The van der Waals surface area contributed by atoms with Gasteiger partial charge in [0.2, 0.25) is 0 Å². The standard InChI is InChI=1S/C23H26F2N4O2/c24-20-7-2-1-6-17(20)16-31-19-14-18-9-10-23(25,15-19)28(18)12-5-13-29-22(30)27-11-4-3-8-21(27)26-29/h1-4,6-8,11,18-19H,5,9-10,12-16H2. The average Bonchev–Trinajstić information content (AvgIpc) is 3.17. The third-order valence-electron chi connectivity index (χ3n) is 6.58. The molecule has 31 heavy (non-hydrogen) atoms. The SMILES string of the molecule is O=c1n(CCCN2C3CCC2(F)CC(OCc2ccccc2F)C3)nc2ccccn12. The third kappa shape index (κ3) is 3.90. The minimum Gasteiger partial charge on any atom is -0.373 e. The fraction of sp³-hybridized carbons (Fsp3) is 0.478. The van der Waals surface area contributed by atoms with Gasteiger partial charge in [0, 0.05) is 37.3 Å². The molecule has 3 unspecified atom stereocenters. The largest absolute Gasteiger partial charge is 0.373 e. The Bertz CT molecular complexity index is 1130. The van der Waals surface area contributed by atoms with E-state index >= 15 is 4.39 Å². The summed E-state index contributed by atoms with van der Waals surface area (Å²) in [4.78, 5) is 14.3. The molecule has 2 bridgehead atoms. The first-order valence-electron chi connectivity index (χ1n) is 10.9. The summed E-state index contributed by atoms with van der Waals surface area (Å²) in [5, 5.41) is 4.34. The number of alkyl halides is 1. The topological polar surface area (TPSA) is 51.8 Å². The summed E-state index contributed by atoms with van der Waals surface area (Å²) < 4.78 is 38.4. The van der Waals surface area contributed by atoms with E-state index in [0.29, 0.717) is 43.6 Å². The Morgan fingerprint density at radius 1 is 1.16 bits per heavy atom. The number of pyridine rings is 1. The van der Waals surface area contributed by atoms with Crippen LogP contribution in [0.25, 0.3) is 5.65 Å². The van der Waals surface area contributed by atoms with E-state index in [2.05, 4.69) is 5.10 Å². The monoisotopic (exact) mass is 428 g/mol. The number of nitrogens with zero attached hydrogens (tertiary/aromatic N) is 4. The predicted octanol–water partition coefficient (Wildman–Crippen LogP) is 3.53. The Labute approximate surface area is 179 Å². The number of piperidine rings is 1. The van der Waals surface area contributed by atoms with Gasteiger partial charge >= 0.3 is 5.69 Å². The van der Waals surface area contributed by atoms with Gasteiger partial charge in [0.15, 0.2) is 11.4 Å². The highest BCUT2D eigenvalue weighted by Gasteiger charge is 2.52. The van der Waals surface area contributed by atoms with Crippen LogP contribution in [-0.2, 0) is 17.9 Å². The summed E-state index contributed by atoms with van der Waals surface area (Å²) in [5.74, 6) is -1.69. The second-order valence-corrected chi connectivity index (χ2v) is 8.56. The summed E-state index contributed by atoms with van der Waals surface area (Å²) in [6.45, 7) is 1.19. The minimum atomic E-state index is -1.40. The molecule has 164 valence electrons. The molecular formula is C23H26F2N4O2. The zero-order chi connectivity index (χ0) is 21.4. The molecule has 2 aromatic heterocycles. The number of fused-ring (bicyclic) bond motifs is 3. The van der Waals surface area contributed by atoms with E-state index in [4.69, 9.17) is 4.74 Å². The van der Waals surface area contributed by atoms with Crippen molar-refractivity contribution in [1.82, 2.24) is 19.1 Å². The predicted molar refractivity (Wildman–Crippen MR) is 112 cm³/mol. The Morgan fingerprint density at radius 2 is 2.00 bits per heavy atom. The first-order chi connectivity index (χ1) is 15.0. The highest BCUT2D eigenvalue weighted by Crippen LogP contribution is 2.46. The maximum absolute atomic E-state index is 15.7. The van der Waals surface area contributed by atoms with Crippen molar-refractivity contribution in [3.8, 4) is 0 Å². The molecule has 2 aliphatic heterocycles. The Morgan fingerprint density at radius 3 is 2.81 bits per heavy atom. The van der Waals surface area contributed by atoms with Crippen molar-refractivity contribution < 1.29 is 13.5 Å². The first-order valence-corrected chi connectivity index (χ1v) is 10.9. The van der Waals surface area contributed by atoms with Gasteiger partial charge in [0.05, 0.1) is 12.7 Å². The molecular weight excluding hydrogens is 402 g/mol. The van der Waals surface area contributed by atoms with Crippen LogP contribution in [0.2, 0.25) is 0 Å². The number of ether oxygens (including phenoxy) is 1. The van der Waals surface area contributed by atoms with E-state index in [1.807, 2.05) is 11.0 Å². The maximum atomic E-state index is 15.7. The molecule has 8 heteroatoms. The van der Waals surface area contributed by atoms with Crippen LogP contribution in [0.4, 0.5) is 8.78 Å². The number of hydrogen-bond acceptors (Lipinski definition) is 4. The molecule has 3 atom stereocenters. The first kappa shape index (κ1) is 20.3. The third-order valence-corrected chi connectivity index (χ3v) is 6.58. The van der Waals surface area contributed by atoms with Gasteiger partial charge < -0.3 is 4.74 Å². The number of aryl methyl sites for hydroxylation is 1. The average molecular weight is 428 g/mol. The molecule has 0 radical (unpaired) electrons. The summed E-state index contributed by atoms with van der Waals surface area (Å²) in [5.41, 5.74) is 0.944. The van der Waals surface area contributed by atoms with Gasteiger partial charge in [-0.25, -0.2) is 18.3 Å². The lowest BCUT2D eigenvalue weighted by molar-refractivity contribution is -0.117. The number of hydrogen-bond donors (Lipinski definition) is 0. The Kier molecular flexibility index (Phi) is 5.35. The molecule has 0 saturated carbocycles. The van der Waals surface area contributed by atoms with Gasteiger partial charge in [0.1, 0.15) is 5.82 Å². The Balaban J connectivity index is 1.18. The van der Waals surface area contributed by atoms with Crippen LogP contribution in [0.1, 0.15) is 37.7 Å². The number of halogens is 2. The minimum absolute atomic E-state index is 0.113. The van der Waals surface area contributed by atoms with Crippen LogP contribution in [0.5, 0.6) is 0 Å². The Hall–Kier alpha value is -2.58. The lowest BCUT2D eigenvalue weighted by Crippen LogP contribution is -2.52. The molecule has 6 nitrogen and oxygen atoms in total. The smallest absolute Gasteiger partial charge is 0.350 e. The fourth-order valence-corrected chi connectivity index (χ4v) is 5.05. The van der Waals surface area contributed by atoms with E-state index in [1.165, 1.54) is 15.1 Å². The molecule has 0 amide bonds. The molecule has 3 aromatic rings. The van der Waals surface area contributed by atoms with Gasteiger partial charge in [-0.15, -0.1) is 5.10 Å². The van der Waals surface area contributed by atoms with Crippen molar-refractivity contribution in [2.75, 3.05) is 6.54 Å². The second-order valence-electron chi connectivity index (χ2n) is 8.56. The van der Waals surface area contributed by atoms with Crippen molar-refractivity contribution in [1.29, 1.82) is 0 Å². The molecule has 1 aromatic carbocycles. The van der Waals surface area contributed by atoms with Crippen LogP contribution >= 0.6 is 0 Å². The van der Waals surface area contributed by atoms with Gasteiger partial charge in [0.25, 0.3) is 0 Å². The number of benzene rings is 1. The summed E-state index contributed by atoms with van der Waals surface area (Å²) in [6, 6.07) is 12.1. The maximum Gasteiger partial charge on any atom is 0.350 e. The summed E-state index contributed by atoms with van der Waals surface area (Å²) in [6.07, 6.45) is 4.46. The molecule has 0 aliphatic carbocycles. The van der Waals surface area contributed by atoms with E-state index < -0.39 is 5.79 Å². The zero-order valence-electron chi connectivity index (χ0n) is 17.3. The van der Waals surface area contributed by atoms with E-state index in [1.54, 1.807) is 36.5 Å². The van der Waals surface area contributed by atoms with E-state index in [0.717, 1.165) is 12.8 Å². The van der Waals surface area contributed by atoms with Crippen LogP contribution in [0.3, 0.4) is 0 Å². The van der Waals surface area contributed by atoms with Crippen molar-refractivity contribution in [2.24, 2.45) is 0 Å². The lowest BCUT2D eigenvalue weighted by atomic mass is 9.97. The van der Waals surface area contributed by atoms with Crippen molar-refractivity contribution >= 4 is 5.65 Å². The highest BCUT2D eigenvalue weighted by atomic mass is 19.1. The lowest BCUT2D eigenvalue weighted by Gasteiger charge is -2.42. The van der Waals surface area contributed by atoms with Crippen molar-refractivity contribution in [2.45, 2.75) is 63.2 Å². The highest BCUT2D eigenvalue weighted by molar-refractivity contribution is 5.35. The normalized spacial score (nSPS) is 26.0. The summed E-state index contributed by atoms with van der Waals surface area (Å²) >= 11 is 0. The number of rotatable bonds is 7. The molecule has 2 aliphatic rings. The zero-order valence-corrected chi connectivity index (χ0v) is 17.3. The second kappa shape index (κ2) is 8.16. The van der Waals surface area contributed by atoms with Gasteiger partial charge in [-0.2, -0.15) is 0 Å². The van der Waals surface area contributed by atoms with Crippen LogP contribution in [0.15, 0.2) is 53.5 Å². The van der Waals surface area contributed by atoms with Crippen molar-refractivity contribution in [3.63, 3.8) is 0 Å². The van der Waals surface area contributed by atoms with E-state index in [-0.39, 0.29) is 30.3 Å². The molecule has 0 N–H and O–H groups in total. The quantitative estimate of drug-likeness (QED) is 0.541. The van der Waals surface area contributed by atoms with E-state index in [9.17, 15) is 9.18 Å². The molecule has 0 spiro atoms.